The summed E-state index contributed by atoms with van der Waals surface area (Å²) in [4.78, 5) is 30.2. The van der Waals surface area contributed by atoms with E-state index < -0.39 is 41.9 Å². The SMILES string of the molecule is O=C(C1CCCc2nn(Cc3cccc(C(F)(F)F)n3)c(=O)n21)N1CC(F)C(F)C1. The van der Waals surface area contributed by atoms with Gasteiger partial charge in [-0.25, -0.2) is 23.2 Å². The third-order valence-corrected chi connectivity index (χ3v) is 5.32. The second-order valence-electron chi connectivity index (χ2n) is 7.42. The third-order valence-electron chi connectivity index (χ3n) is 5.32. The van der Waals surface area contributed by atoms with Gasteiger partial charge >= 0.3 is 11.9 Å². The lowest BCUT2D eigenvalue weighted by Crippen LogP contribution is -2.42. The molecule has 0 radical (unpaired) electrons. The van der Waals surface area contributed by atoms with Crippen LogP contribution in [0.15, 0.2) is 23.0 Å². The minimum absolute atomic E-state index is 0.00895. The molecule has 2 aliphatic rings. The zero-order valence-corrected chi connectivity index (χ0v) is 15.6. The van der Waals surface area contributed by atoms with Crippen LogP contribution in [0.4, 0.5) is 22.0 Å². The minimum Gasteiger partial charge on any atom is -0.335 e. The third kappa shape index (κ3) is 3.70. The Labute approximate surface area is 167 Å². The van der Waals surface area contributed by atoms with E-state index in [0.29, 0.717) is 25.1 Å². The van der Waals surface area contributed by atoms with E-state index in [1.807, 2.05) is 0 Å². The van der Waals surface area contributed by atoms with E-state index >= 15 is 0 Å². The molecule has 7 nitrogen and oxygen atoms in total. The number of fused-ring (bicyclic) bond motifs is 1. The van der Waals surface area contributed by atoms with Crippen LogP contribution in [0.25, 0.3) is 0 Å². The number of carbonyl (C=O) groups excluding carboxylic acids is 1. The van der Waals surface area contributed by atoms with Gasteiger partial charge < -0.3 is 4.90 Å². The van der Waals surface area contributed by atoms with Crippen molar-refractivity contribution in [1.29, 1.82) is 0 Å². The number of hydrogen-bond acceptors (Lipinski definition) is 4. The van der Waals surface area contributed by atoms with Crippen LogP contribution in [0.5, 0.6) is 0 Å². The quantitative estimate of drug-likeness (QED) is 0.696. The van der Waals surface area contributed by atoms with Crippen LogP contribution in [-0.4, -0.2) is 55.6 Å². The number of hydrogen-bond donors (Lipinski definition) is 0. The Bertz CT molecular complexity index is 1010. The van der Waals surface area contributed by atoms with Gasteiger partial charge in [0.25, 0.3) is 0 Å². The molecule has 0 spiro atoms. The average molecular weight is 431 g/mol. The largest absolute Gasteiger partial charge is 0.433 e. The summed E-state index contributed by atoms with van der Waals surface area (Å²) >= 11 is 0. The van der Waals surface area contributed by atoms with Crippen molar-refractivity contribution < 1.29 is 26.7 Å². The molecule has 0 aromatic carbocycles. The minimum atomic E-state index is -4.62. The van der Waals surface area contributed by atoms with Crippen LogP contribution in [0, 0.1) is 0 Å². The number of alkyl halides is 5. The van der Waals surface area contributed by atoms with Crippen LogP contribution in [-0.2, 0) is 23.9 Å². The molecule has 1 saturated heterocycles. The summed E-state index contributed by atoms with van der Waals surface area (Å²) in [6, 6.07) is 2.41. The van der Waals surface area contributed by atoms with Crippen LogP contribution in [0.1, 0.15) is 36.1 Å². The first kappa shape index (κ1) is 20.5. The summed E-state index contributed by atoms with van der Waals surface area (Å²) in [5.41, 5.74) is -1.76. The molecule has 2 aromatic heterocycles. The Hall–Kier alpha value is -2.79. The molecule has 4 rings (SSSR count). The molecule has 0 bridgehead atoms. The van der Waals surface area contributed by atoms with Gasteiger partial charge in [-0.3, -0.25) is 9.36 Å². The Balaban J connectivity index is 1.61. The predicted octanol–water partition coefficient (Wildman–Crippen LogP) is 1.90. The first-order chi connectivity index (χ1) is 14.1. The van der Waals surface area contributed by atoms with E-state index in [1.54, 1.807) is 0 Å². The van der Waals surface area contributed by atoms with Gasteiger partial charge in [0.05, 0.1) is 25.3 Å². The maximum Gasteiger partial charge on any atom is 0.433 e. The molecule has 30 heavy (non-hydrogen) atoms. The lowest BCUT2D eigenvalue weighted by Gasteiger charge is -2.26. The van der Waals surface area contributed by atoms with Crippen LogP contribution in [0.2, 0.25) is 0 Å². The molecule has 2 aliphatic heterocycles. The van der Waals surface area contributed by atoms with Crippen molar-refractivity contribution in [2.24, 2.45) is 0 Å². The smallest absolute Gasteiger partial charge is 0.335 e. The molecule has 4 heterocycles. The Morgan fingerprint density at radius 1 is 1.17 bits per heavy atom. The van der Waals surface area contributed by atoms with Crippen molar-refractivity contribution in [3.05, 3.63) is 45.9 Å². The fourth-order valence-corrected chi connectivity index (χ4v) is 3.86. The first-order valence-electron chi connectivity index (χ1n) is 9.43. The number of rotatable bonds is 3. The van der Waals surface area contributed by atoms with E-state index in [4.69, 9.17) is 0 Å². The van der Waals surface area contributed by atoms with E-state index in [-0.39, 0.29) is 25.3 Å². The predicted molar refractivity (Wildman–Crippen MR) is 93.2 cm³/mol. The highest BCUT2D eigenvalue weighted by molar-refractivity contribution is 5.81. The Morgan fingerprint density at radius 2 is 1.87 bits per heavy atom. The van der Waals surface area contributed by atoms with Crippen molar-refractivity contribution in [3.63, 3.8) is 0 Å². The zero-order chi connectivity index (χ0) is 21.6. The van der Waals surface area contributed by atoms with E-state index in [0.717, 1.165) is 15.6 Å². The maximum absolute atomic E-state index is 13.5. The fourth-order valence-electron chi connectivity index (χ4n) is 3.86. The maximum atomic E-state index is 13.5. The van der Waals surface area contributed by atoms with Crippen molar-refractivity contribution >= 4 is 5.91 Å². The number of nitrogens with zero attached hydrogens (tertiary/aromatic N) is 5. The molecule has 3 atom stereocenters. The second kappa shape index (κ2) is 7.47. The molecule has 1 fully saturated rings. The van der Waals surface area contributed by atoms with E-state index in [1.165, 1.54) is 16.7 Å². The summed E-state index contributed by atoms with van der Waals surface area (Å²) in [7, 11) is 0. The highest BCUT2D eigenvalue weighted by Crippen LogP contribution is 2.28. The fraction of sp³-hybridized carbons (Fsp3) is 0.556. The van der Waals surface area contributed by atoms with Crippen molar-refractivity contribution in [2.45, 2.75) is 50.4 Å². The van der Waals surface area contributed by atoms with Gasteiger partial charge in [-0.05, 0) is 25.0 Å². The molecule has 162 valence electrons. The van der Waals surface area contributed by atoms with E-state index in [9.17, 15) is 31.5 Å². The van der Waals surface area contributed by atoms with Gasteiger partial charge in [-0.2, -0.15) is 18.3 Å². The molecular weight excluding hydrogens is 413 g/mol. The Kier molecular flexibility index (Phi) is 5.10. The lowest BCUT2D eigenvalue weighted by atomic mass is 10.0. The van der Waals surface area contributed by atoms with Gasteiger partial charge in [0, 0.05) is 6.42 Å². The van der Waals surface area contributed by atoms with Crippen molar-refractivity contribution in [2.75, 3.05) is 13.1 Å². The highest BCUT2D eigenvalue weighted by atomic mass is 19.4. The second-order valence-corrected chi connectivity index (χ2v) is 7.42. The number of likely N-dealkylation sites (tertiary alicyclic amines) is 1. The monoisotopic (exact) mass is 431 g/mol. The number of aryl methyl sites for hydroxylation is 1. The summed E-state index contributed by atoms with van der Waals surface area (Å²) in [5.74, 6) is -0.248. The molecule has 1 amide bonds. The van der Waals surface area contributed by atoms with Gasteiger partial charge in [-0.1, -0.05) is 6.07 Å². The van der Waals surface area contributed by atoms with Crippen molar-refractivity contribution in [3.8, 4) is 0 Å². The summed E-state index contributed by atoms with van der Waals surface area (Å²) in [6.07, 6.45) is -6.89. The number of amides is 1. The number of pyridine rings is 1. The topological polar surface area (TPSA) is 73.0 Å². The van der Waals surface area contributed by atoms with Gasteiger partial charge in [0.2, 0.25) is 5.91 Å². The summed E-state index contributed by atoms with van der Waals surface area (Å²) in [5, 5.41) is 4.15. The summed E-state index contributed by atoms with van der Waals surface area (Å²) < 4.78 is 67.7. The zero-order valence-electron chi connectivity index (χ0n) is 15.6. The molecule has 12 heteroatoms. The molecule has 0 N–H and O–H groups in total. The molecule has 0 saturated carbocycles. The molecular formula is C18H18F5N5O2. The highest BCUT2D eigenvalue weighted by Gasteiger charge is 2.40. The average Bonchev–Trinajstić information content (AvgIpc) is 3.20. The van der Waals surface area contributed by atoms with Gasteiger partial charge in [0.15, 0.2) is 12.3 Å². The van der Waals surface area contributed by atoms with Crippen LogP contribution < -0.4 is 5.69 Å². The van der Waals surface area contributed by atoms with Crippen molar-refractivity contribution in [1.82, 2.24) is 24.2 Å². The van der Waals surface area contributed by atoms with E-state index in [2.05, 4.69) is 10.1 Å². The van der Waals surface area contributed by atoms with Crippen LogP contribution >= 0.6 is 0 Å². The lowest BCUT2D eigenvalue weighted by molar-refractivity contribution is -0.141. The first-order valence-corrected chi connectivity index (χ1v) is 9.43. The standard InChI is InChI=1S/C18H18F5N5O2/c19-11-8-26(9-12(11)20)16(29)13-4-2-6-15-25-27(17(30)28(13)15)7-10-3-1-5-14(24-10)18(21,22)23/h1,3,5,11-13H,2,4,6-9H2. The number of aromatic nitrogens is 4. The number of carbonyl (C=O) groups is 1. The molecule has 3 unspecified atom stereocenters. The van der Waals surface area contributed by atoms with Gasteiger partial charge in [-0.15, -0.1) is 0 Å². The Morgan fingerprint density at radius 3 is 2.53 bits per heavy atom. The van der Waals surface area contributed by atoms with Crippen LogP contribution in [0.3, 0.4) is 0 Å². The molecule has 2 aromatic rings. The van der Waals surface area contributed by atoms with Gasteiger partial charge in [0.1, 0.15) is 17.6 Å². The summed E-state index contributed by atoms with van der Waals surface area (Å²) in [6.45, 7) is -1.04. The number of halogens is 5. The molecule has 0 aliphatic carbocycles. The normalized spacial score (nSPS) is 24.2.